The minimum Gasteiger partial charge on any atom is -0.353 e. The van der Waals surface area contributed by atoms with Crippen molar-refractivity contribution in [1.82, 2.24) is 15.5 Å². The lowest BCUT2D eigenvalue weighted by Crippen LogP contribution is -2.43. The zero-order chi connectivity index (χ0) is 11.1. The highest BCUT2D eigenvalue weighted by Gasteiger charge is 2.10. The second-order valence-electron chi connectivity index (χ2n) is 3.27. The summed E-state index contributed by atoms with van der Waals surface area (Å²) in [5, 5.41) is 11.5. The van der Waals surface area contributed by atoms with Gasteiger partial charge in [-0.05, 0) is 19.1 Å². The Hall–Kier alpha value is -1.16. The first-order chi connectivity index (χ1) is 7.36. The summed E-state index contributed by atoms with van der Waals surface area (Å²) >= 11 is 0. The predicted molar refractivity (Wildman–Crippen MR) is 63.2 cm³/mol. The second-order valence-corrected chi connectivity index (χ2v) is 3.27. The molecule has 2 rings (SSSR count). The molecule has 0 amide bonds. The van der Waals surface area contributed by atoms with Gasteiger partial charge in [-0.2, -0.15) is 5.10 Å². The molecule has 0 unspecified atom stereocenters. The van der Waals surface area contributed by atoms with Gasteiger partial charge in [-0.3, -0.25) is 0 Å². The Bertz CT molecular complexity index is 264. The largest absolute Gasteiger partial charge is 0.353 e. The molecule has 15 heavy (non-hydrogen) atoms. The molecule has 4 heteroatoms. The van der Waals surface area contributed by atoms with E-state index in [1.807, 2.05) is 32.9 Å². The Labute approximate surface area is 91.7 Å². The molecule has 1 aromatic heterocycles. The van der Waals surface area contributed by atoms with Crippen molar-refractivity contribution < 1.29 is 0 Å². The van der Waals surface area contributed by atoms with Crippen LogP contribution in [0.15, 0.2) is 12.1 Å². The van der Waals surface area contributed by atoms with Crippen LogP contribution in [-0.2, 0) is 0 Å². The number of aryl methyl sites for hydroxylation is 1. The normalized spacial score (nSPS) is 15.5. The first kappa shape index (κ1) is 11.9. The van der Waals surface area contributed by atoms with Crippen molar-refractivity contribution in [2.45, 2.75) is 20.8 Å². The van der Waals surface area contributed by atoms with Gasteiger partial charge in [-0.1, -0.05) is 13.8 Å². The van der Waals surface area contributed by atoms with E-state index in [0.29, 0.717) is 0 Å². The van der Waals surface area contributed by atoms with E-state index in [1.54, 1.807) is 0 Å². The number of anilines is 1. The first-order valence-corrected chi connectivity index (χ1v) is 5.62. The third kappa shape index (κ3) is 3.47. The molecule has 0 spiro atoms. The number of hydrogen-bond donors (Lipinski definition) is 1. The zero-order valence-electron chi connectivity index (χ0n) is 9.82. The maximum Gasteiger partial charge on any atom is 0.151 e. The topological polar surface area (TPSA) is 41.0 Å². The molecule has 1 aromatic rings. The average Bonchev–Trinajstić information content (AvgIpc) is 2.34. The van der Waals surface area contributed by atoms with E-state index in [1.165, 1.54) is 0 Å². The lowest BCUT2D eigenvalue weighted by atomic mass is 10.3. The summed E-state index contributed by atoms with van der Waals surface area (Å²) in [5.74, 6) is 0.993. The molecule has 0 aliphatic carbocycles. The first-order valence-electron chi connectivity index (χ1n) is 5.62. The molecule has 4 nitrogen and oxygen atoms in total. The van der Waals surface area contributed by atoms with Crippen LogP contribution in [0.3, 0.4) is 0 Å². The van der Waals surface area contributed by atoms with Crippen LogP contribution in [0.5, 0.6) is 0 Å². The van der Waals surface area contributed by atoms with Crippen molar-refractivity contribution in [3.63, 3.8) is 0 Å². The quantitative estimate of drug-likeness (QED) is 0.753. The van der Waals surface area contributed by atoms with E-state index in [2.05, 4.69) is 20.4 Å². The summed E-state index contributed by atoms with van der Waals surface area (Å²) in [7, 11) is 0. The van der Waals surface area contributed by atoms with Crippen LogP contribution in [0.1, 0.15) is 19.5 Å². The highest BCUT2D eigenvalue weighted by molar-refractivity contribution is 5.37. The Morgan fingerprint density at radius 2 is 1.80 bits per heavy atom. The number of piperazine rings is 1. The van der Waals surface area contributed by atoms with Gasteiger partial charge in [0.2, 0.25) is 0 Å². The van der Waals surface area contributed by atoms with Crippen LogP contribution >= 0.6 is 0 Å². The molecule has 1 N–H and O–H groups in total. The summed E-state index contributed by atoms with van der Waals surface area (Å²) in [6, 6.07) is 4.04. The summed E-state index contributed by atoms with van der Waals surface area (Å²) in [6.45, 7) is 10.1. The van der Waals surface area contributed by atoms with Crippen LogP contribution in [-0.4, -0.2) is 36.4 Å². The molecule has 1 aliphatic heterocycles. The Morgan fingerprint density at radius 3 is 2.33 bits per heavy atom. The van der Waals surface area contributed by atoms with E-state index in [0.717, 1.165) is 37.7 Å². The number of hydrogen-bond acceptors (Lipinski definition) is 4. The average molecular weight is 208 g/mol. The maximum atomic E-state index is 4.15. The van der Waals surface area contributed by atoms with Crippen molar-refractivity contribution in [3.8, 4) is 0 Å². The van der Waals surface area contributed by atoms with Crippen molar-refractivity contribution in [3.05, 3.63) is 17.8 Å². The lowest BCUT2D eigenvalue weighted by molar-refractivity contribution is 0.582. The molecule has 2 heterocycles. The van der Waals surface area contributed by atoms with E-state index >= 15 is 0 Å². The van der Waals surface area contributed by atoms with Crippen LogP contribution in [0.2, 0.25) is 0 Å². The molecule has 0 aromatic carbocycles. The number of nitrogens with one attached hydrogen (secondary N) is 1. The van der Waals surface area contributed by atoms with Crippen LogP contribution in [0.4, 0.5) is 5.82 Å². The van der Waals surface area contributed by atoms with Gasteiger partial charge in [-0.15, -0.1) is 5.10 Å². The Balaban J connectivity index is 0.000000531. The van der Waals surface area contributed by atoms with Crippen LogP contribution in [0.25, 0.3) is 0 Å². The highest BCUT2D eigenvalue weighted by Crippen LogP contribution is 2.09. The summed E-state index contributed by atoms with van der Waals surface area (Å²) in [6.07, 6.45) is 0. The van der Waals surface area contributed by atoms with E-state index in [4.69, 9.17) is 0 Å². The fraction of sp³-hybridized carbons (Fsp3) is 0.636. The molecule has 0 atom stereocenters. The molecule has 1 aliphatic rings. The fourth-order valence-electron chi connectivity index (χ4n) is 1.45. The molecular weight excluding hydrogens is 188 g/mol. The van der Waals surface area contributed by atoms with Crippen molar-refractivity contribution in [1.29, 1.82) is 0 Å². The van der Waals surface area contributed by atoms with Gasteiger partial charge in [0.25, 0.3) is 0 Å². The standard InChI is InChI=1S/C9H14N4.C2H6/c1-8-2-3-9(12-11-8)13-6-4-10-5-7-13;1-2/h2-3,10H,4-7H2,1H3;1-2H3. The summed E-state index contributed by atoms with van der Waals surface area (Å²) < 4.78 is 0. The third-order valence-electron chi connectivity index (χ3n) is 2.22. The lowest BCUT2D eigenvalue weighted by Gasteiger charge is -2.27. The van der Waals surface area contributed by atoms with Crippen molar-refractivity contribution in [2.75, 3.05) is 31.1 Å². The van der Waals surface area contributed by atoms with Crippen molar-refractivity contribution in [2.24, 2.45) is 0 Å². The van der Waals surface area contributed by atoms with Gasteiger partial charge in [-0.25, -0.2) is 0 Å². The van der Waals surface area contributed by atoms with Gasteiger partial charge in [0.1, 0.15) is 0 Å². The van der Waals surface area contributed by atoms with Gasteiger partial charge in [0, 0.05) is 26.2 Å². The molecule has 0 saturated carbocycles. The van der Waals surface area contributed by atoms with Crippen molar-refractivity contribution >= 4 is 5.82 Å². The molecule has 1 fully saturated rings. The maximum absolute atomic E-state index is 4.15. The molecule has 0 radical (unpaired) electrons. The summed E-state index contributed by atoms with van der Waals surface area (Å²) in [5.41, 5.74) is 0.971. The SMILES string of the molecule is CC.Cc1ccc(N2CCNCC2)nn1. The van der Waals surface area contributed by atoms with E-state index in [-0.39, 0.29) is 0 Å². The zero-order valence-corrected chi connectivity index (χ0v) is 9.82. The smallest absolute Gasteiger partial charge is 0.151 e. The van der Waals surface area contributed by atoms with Gasteiger partial charge < -0.3 is 10.2 Å². The van der Waals surface area contributed by atoms with Gasteiger partial charge in [0.05, 0.1) is 5.69 Å². The number of rotatable bonds is 1. The minimum absolute atomic E-state index is 0.971. The van der Waals surface area contributed by atoms with Gasteiger partial charge >= 0.3 is 0 Å². The highest BCUT2D eigenvalue weighted by atomic mass is 15.3. The summed E-state index contributed by atoms with van der Waals surface area (Å²) in [4.78, 5) is 2.25. The Kier molecular flexibility index (Phi) is 5.04. The molecular formula is C11H20N4. The van der Waals surface area contributed by atoms with E-state index < -0.39 is 0 Å². The second kappa shape index (κ2) is 6.35. The van der Waals surface area contributed by atoms with Crippen LogP contribution < -0.4 is 10.2 Å². The number of aromatic nitrogens is 2. The predicted octanol–water partition coefficient (Wildman–Crippen LogP) is 1.22. The fourth-order valence-corrected chi connectivity index (χ4v) is 1.45. The Morgan fingerprint density at radius 1 is 1.13 bits per heavy atom. The van der Waals surface area contributed by atoms with Crippen LogP contribution in [0, 0.1) is 6.92 Å². The molecule has 84 valence electrons. The number of nitrogens with zero attached hydrogens (tertiary/aromatic N) is 3. The van der Waals surface area contributed by atoms with Gasteiger partial charge in [0.15, 0.2) is 5.82 Å². The molecule has 1 saturated heterocycles. The minimum atomic E-state index is 0.971. The third-order valence-corrected chi connectivity index (χ3v) is 2.22. The van der Waals surface area contributed by atoms with E-state index in [9.17, 15) is 0 Å². The monoisotopic (exact) mass is 208 g/mol. The molecule has 0 bridgehead atoms.